The highest BCUT2D eigenvalue weighted by atomic mass is 16.2. The molecule has 2 aliphatic rings. The van der Waals surface area contributed by atoms with Gasteiger partial charge in [-0.3, -0.25) is 9.59 Å². The maximum atomic E-state index is 13.4. The summed E-state index contributed by atoms with van der Waals surface area (Å²) in [5, 5.41) is 0. The molecule has 1 N–H and O–H groups in total. The lowest BCUT2D eigenvalue weighted by Gasteiger charge is -2.32. The molecular formula is C29H30N4O2. The number of H-pyrrole nitrogens is 1. The van der Waals surface area contributed by atoms with Gasteiger partial charge in [0.2, 0.25) is 5.91 Å². The summed E-state index contributed by atoms with van der Waals surface area (Å²) in [7, 11) is 0. The molecule has 2 aliphatic heterocycles. The fourth-order valence-electron chi connectivity index (χ4n) is 5.15. The van der Waals surface area contributed by atoms with Gasteiger partial charge in [-0.15, -0.1) is 6.42 Å². The van der Waals surface area contributed by atoms with Crippen molar-refractivity contribution >= 4 is 11.8 Å². The summed E-state index contributed by atoms with van der Waals surface area (Å²) >= 11 is 0. The lowest BCUT2D eigenvalue weighted by molar-refractivity contribution is -0.129. The zero-order valence-electron chi connectivity index (χ0n) is 20.3. The Morgan fingerprint density at radius 3 is 2.49 bits per heavy atom. The highest BCUT2D eigenvalue weighted by Gasteiger charge is 2.26. The van der Waals surface area contributed by atoms with Crippen molar-refractivity contribution in [2.24, 2.45) is 0 Å². The van der Waals surface area contributed by atoms with Crippen LogP contribution in [0, 0.1) is 19.3 Å². The summed E-state index contributed by atoms with van der Waals surface area (Å²) in [6.07, 6.45) is 8.09. The van der Waals surface area contributed by atoms with E-state index in [2.05, 4.69) is 23.0 Å². The minimum Gasteiger partial charge on any atom is -0.340 e. The second kappa shape index (κ2) is 9.42. The van der Waals surface area contributed by atoms with Crippen molar-refractivity contribution in [2.75, 3.05) is 19.6 Å². The average Bonchev–Trinajstić information content (AvgIpc) is 3.32. The molecule has 178 valence electrons. The highest BCUT2D eigenvalue weighted by molar-refractivity contribution is 5.95. The van der Waals surface area contributed by atoms with Crippen LogP contribution >= 0.6 is 0 Å². The Balaban J connectivity index is 1.30. The number of aromatic amines is 1. The second-order valence-corrected chi connectivity index (χ2v) is 9.56. The molecule has 0 radical (unpaired) electrons. The van der Waals surface area contributed by atoms with Crippen molar-refractivity contribution in [1.29, 1.82) is 0 Å². The number of nitrogens with zero attached hydrogens (tertiary/aromatic N) is 3. The van der Waals surface area contributed by atoms with Gasteiger partial charge in [0.15, 0.2) is 0 Å². The fraction of sp³-hybridized carbons (Fsp3) is 0.345. The van der Waals surface area contributed by atoms with E-state index in [-0.39, 0.29) is 11.8 Å². The summed E-state index contributed by atoms with van der Waals surface area (Å²) in [6.45, 7) is 6.34. The largest absolute Gasteiger partial charge is 0.340 e. The van der Waals surface area contributed by atoms with Crippen LogP contribution < -0.4 is 0 Å². The molecular weight excluding hydrogens is 436 g/mol. The Kier molecular flexibility index (Phi) is 6.17. The van der Waals surface area contributed by atoms with E-state index in [0.29, 0.717) is 24.6 Å². The van der Waals surface area contributed by atoms with Crippen LogP contribution in [0.5, 0.6) is 0 Å². The molecule has 5 rings (SSSR count). The lowest BCUT2D eigenvalue weighted by atomic mass is 9.88. The molecule has 0 unspecified atom stereocenters. The molecule has 0 atom stereocenters. The van der Waals surface area contributed by atoms with Gasteiger partial charge in [-0.1, -0.05) is 24.1 Å². The third-order valence-electron chi connectivity index (χ3n) is 7.35. The smallest absolute Gasteiger partial charge is 0.253 e. The number of benzene rings is 2. The van der Waals surface area contributed by atoms with E-state index < -0.39 is 0 Å². The first kappa shape index (κ1) is 22.9. The number of rotatable bonds is 3. The molecule has 35 heavy (non-hydrogen) atoms. The average molecular weight is 467 g/mol. The molecule has 2 aromatic carbocycles. The topological polar surface area (TPSA) is 69.3 Å². The van der Waals surface area contributed by atoms with Crippen molar-refractivity contribution in [3.63, 3.8) is 0 Å². The number of nitrogens with one attached hydrogen (secondary N) is 1. The molecule has 0 bridgehead atoms. The van der Waals surface area contributed by atoms with Crippen LogP contribution in [0.2, 0.25) is 0 Å². The van der Waals surface area contributed by atoms with Gasteiger partial charge in [-0.2, -0.15) is 0 Å². The number of carbonyl (C=O) groups is 2. The monoisotopic (exact) mass is 466 g/mol. The molecule has 1 aromatic heterocycles. The molecule has 3 aromatic rings. The van der Waals surface area contributed by atoms with Crippen molar-refractivity contribution in [2.45, 2.75) is 45.6 Å². The normalized spacial score (nSPS) is 16.0. The summed E-state index contributed by atoms with van der Waals surface area (Å²) < 4.78 is 0. The van der Waals surface area contributed by atoms with E-state index in [1.165, 1.54) is 5.56 Å². The number of imidazole rings is 1. The number of terminal acetylenes is 1. The van der Waals surface area contributed by atoms with Gasteiger partial charge in [0.1, 0.15) is 5.82 Å². The summed E-state index contributed by atoms with van der Waals surface area (Å²) in [6, 6.07) is 14.1. The van der Waals surface area contributed by atoms with Crippen molar-refractivity contribution in [3.8, 4) is 23.7 Å². The number of amides is 2. The number of aromatic nitrogens is 2. The molecule has 2 amide bonds. The number of aryl methyl sites for hydroxylation is 1. The number of hydrogen-bond donors (Lipinski definition) is 1. The first-order chi connectivity index (χ1) is 16.9. The minimum atomic E-state index is 0.0615. The number of piperidine rings is 1. The molecule has 0 aliphatic carbocycles. The van der Waals surface area contributed by atoms with Crippen LogP contribution in [-0.4, -0.2) is 51.2 Å². The van der Waals surface area contributed by atoms with Crippen molar-refractivity contribution in [3.05, 3.63) is 76.1 Å². The van der Waals surface area contributed by atoms with Crippen LogP contribution in [0.3, 0.4) is 0 Å². The van der Waals surface area contributed by atoms with Gasteiger partial charge < -0.3 is 14.8 Å². The number of carbonyl (C=O) groups excluding carboxylic acids is 2. The van der Waals surface area contributed by atoms with Crippen molar-refractivity contribution < 1.29 is 9.59 Å². The lowest BCUT2D eigenvalue weighted by Crippen LogP contribution is -2.37. The van der Waals surface area contributed by atoms with E-state index >= 15 is 0 Å². The Hall–Kier alpha value is -3.85. The standard InChI is InChI=1S/C29H30N4O2/c1-4-21-6-9-22(10-7-21)23-11-14-32(15-12-23)29(35)24-8-5-19(2)25(17-24)28-30-26-13-16-33(20(3)34)18-27(26)31-28/h1,5-10,17,23H,11-16,18H2,2-3H3,(H,30,31). The fourth-order valence-corrected chi connectivity index (χ4v) is 5.15. The number of hydrogen-bond acceptors (Lipinski definition) is 3. The van der Waals surface area contributed by atoms with Crippen LogP contribution in [0.1, 0.15) is 64.1 Å². The van der Waals surface area contributed by atoms with E-state index in [1.54, 1.807) is 6.92 Å². The first-order valence-electron chi connectivity index (χ1n) is 12.2. The first-order valence-corrected chi connectivity index (χ1v) is 12.2. The van der Waals surface area contributed by atoms with Gasteiger partial charge in [0.25, 0.3) is 5.91 Å². The quantitative estimate of drug-likeness (QED) is 0.586. The Morgan fingerprint density at radius 1 is 1.06 bits per heavy atom. The minimum absolute atomic E-state index is 0.0615. The Morgan fingerprint density at radius 2 is 1.80 bits per heavy atom. The molecule has 0 spiro atoms. The van der Waals surface area contributed by atoms with Gasteiger partial charge in [-0.05, 0) is 61.1 Å². The predicted octanol–water partition coefficient (Wildman–Crippen LogP) is 4.29. The zero-order valence-corrected chi connectivity index (χ0v) is 20.3. The Labute approximate surface area is 206 Å². The Bertz CT molecular complexity index is 1310. The second-order valence-electron chi connectivity index (χ2n) is 9.56. The van der Waals surface area contributed by atoms with Crippen LogP contribution in [0.4, 0.5) is 0 Å². The van der Waals surface area contributed by atoms with Crippen LogP contribution in [0.25, 0.3) is 11.4 Å². The van der Waals surface area contributed by atoms with E-state index in [1.807, 2.05) is 47.1 Å². The van der Waals surface area contributed by atoms with E-state index in [4.69, 9.17) is 11.4 Å². The third kappa shape index (κ3) is 4.59. The molecule has 0 saturated carbocycles. The zero-order chi connectivity index (χ0) is 24.5. The number of fused-ring (bicyclic) bond motifs is 1. The molecule has 6 nitrogen and oxygen atoms in total. The van der Waals surface area contributed by atoms with Gasteiger partial charge in [-0.25, -0.2) is 4.98 Å². The third-order valence-corrected chi connectivity index (χ3v) is 7.35. The van der Waals surface area contributed by atoms with Gasteiger partial charge >= 0.3 is 0 Å². The molecule has 1 saturated heterocycles. The maximum Gasteiger partial charge on any atom is 0.253 e. The van der Waals surface area contributed by atoms with Crippen LogP contribution in [-0.2, 0) is 17.8 Å². The summed E-state index contributed by atoms with van der Waals surface area (Å²) in [5.74, 6) is 4.01. The molecule has 6 heteroatoms. The molecule has 3 heterocycles. The van der Waals surface area contributed by atoms with E-state index in [0.717, 1.165) is 66.3 Å². The highest BCUT2D eigenvalue weighted by Crippen LogP contribution is 2.30. The van der Waals surface area contributed by atoms with Crippen molar-refractivity contribution in [1.82, 2.24) is 19.8 Å². The summed E-state index contributed by atoms with van der Waals surface area (Å²) in [4.78, 5) is 37.1. The van der Waals surface area contributed by atoms with Gasteiger partial charge in [0, 0.05) is 49.7 Å². The maximum absolute atomic E-state index is 13.4. The molecule has 1 fully saturated rings. The summed E-state index contributed by atoms with van der Waals surface area (Å²) in [5.41, 5.74) is 6.85. The predicted molar refractivity (Wildman–Crippen MR) is 136 cm³/mol. The number of likely N-dealkylation sites (tertiary alicyclic amines) is 1. The van der Waals surface area contributed by atoms with Crippen LogP contribution in [0.15, 0.2) is 42.5 Å². The SMILES string of the molecule is C#Cc1ccc(C2CCN(C(=O)c3ccc(C)c(-c4nc5c([nH]4)CN(C(C)=O)CC5)c3)CC2)cc1. The van der Waals surface area contributed by atoms with Gasteiger partial charge in [0.05, 0.1) is 17.9 Å². The van der Waals surface area contributed by atoms with E-state index in [9.17, 15) is 9.59 Å².